The molecule has 0 bridgehead atoms. The SMILES string of the molecule is COc1ccc(Sc2ccnc3cc(N)ccc23)cc1. The summed E-state index contributed by atoms with van der Waals surface area (Å²) < 4.78 is 5.17. The molecule has 1 heterocycles. The van der Waals surface area contributed by atoms with Gasteiger partial charge in [-0.2, -0.15) is 0 Å². The van der Waals surface area contributed by atoms with E-state index in [2.05, 4.69) is 4.98 Å². The van der Waals surface area contributed by atoms with Crippen LogP contribution >= 0.6 is 11.8 Å². The first kappa shape index (κ1) is 12.8. The van der Waals surface area contributed by atoms with Crippen molar-refractivity contribution in [2.45, 2.75) is 9.79 Å². The van der Waals surface area contributed by atoms with Crippen LogP contribution in [0.3, 0.4) is 0 Å². The molecule has 0 amide bonds. The third-order valence-electron chi connectivity index (χ3n) is 3.01. The quantitative estimate of drug-likeness (QED) is 0.738. The molecule has 3 rings (SSSR count). The standard InChI is InChI=1S/C16H14N2OS/c1-19-12-3-5-13(6-4-12)20-16-8-9-18-15-10-11(17)2-7-14(15)16/h2-10H,17H2,1H3. The zero-order chi connectivity index (χ0) is 13.9. The molecule has 0 saturated heterocycles. The van der Waals surface area contributed by atoms with E-state index in [4.69, 9.17) is 10.5 Å². The zero-order valence-electron chi connectivity index (χ0n) is 11.0. The Bertz CT molecular complexity index is 741. The average molecular weight is 282 g/mol. The van der Waals surface area contributed by atoms with Gasteiger partial charge < -0.3 is 10.5 Å². The van der Waals surface area contributed by atoms with E-state index in [-0.39, 0.29) is 0 Å². The van der Waals surface area contributed by atoms with Crippen molar-refractivity contribution < 1.29 is 4.74 Å². The van der Waals surface area contributed by atoms with Crippen LogP contribution in [0.1, 0.15) is 0 Å². The summed E-state index contributed by atoms with van der Waals surface area (Å²) in [5.74, 6) is 0.863. The van der Waals surface area contributed by atoms with Gasteiger partial charge in [-0.1, -0.05) is 11.8 Å². The highest BCUT2D eigenvalue weighted by atomic mass is 32.2. The van der Waals surface area contributed by atoms with E-state index >= 15 is 0 Å². The van der Waals surface area contributed by atoms with Gasteiger partial charge in [-0.3, -0.25) is 4.98 Å². The fourth-order valence-corrected chi connectivity index (χ4v) is 2.94. The van der Waals surface area contributed by atoms with Crippen LogP contribution in [0.15, 0.2) is 64.5 Å². The Labute approximate surface area is 121 Å². The molecule has 4 heteroatoms. The number of anilines is 1. The van der Waals surface area contributed by atoms with E-state index in [0.29, 0.717) is 0 Å². The minimum absolute atomic E-state index is 0.733. The van der Waals surface area contributed by atoms with Crippen molar-refractivity contribution in [1.82, 2.24) is 4.98 Å². The number of nitrogens with two attached hydrogens (primary N) is 1. The Hall–Kier alpha value is -2.20. The maximum absolute atomic E-state index is 5.80. The lowest BCUT2D eigenvalue weighted by molar-refractivity contribution is 0.414. The molecule has 0 aliphatic rings. The lowest BCUT2D eigenvalue weighted by Crippen LogP contribution is -1.87. The molecule has 2 aromatic carbocycles. The average Bonchev–Trinajstić information content (AvgIpc) is 2.48. The van der Waals surface area contributed by atoms with Gasteiger partial charge >= 0.3 is 0 Å². The molecule has 0 atom stereocenters. The molecule has 2 N–H and O–H groups in total. The smallest absolute Gasteiger partial charge is 0.118 e. The second kappa shape index (κ2) is 5.43. The van der Waals surface area contributed by atoms with E-state index in [1.165, 1.54) is 4.90 Å². The first-order valence-corrected chi connectivity index (χ1v) is 7.04. The van der Waals surface area contributed by atoms with Gasteiger partial charge in [-0.05, 0) is 48.5 Å². The molecule has 0 unspecified atom stereocenters. The van der Waals surface area contributed by atoms with Crippen LogP contribution in [0.4, 0.5) is 5.69 Å². The summed E-state index contributed by atoms with van der Waals surface area (Å²) in [7, 11) is 1.67. The van der Waals surface area contributed by atoms with Crippen molar-refractivity contribution in [3.63, 3.8) is 0 Å². The molecule has 0 fully saturated rings. The van der Waals surface area contributed by atoms with E-state index in [1.54, 1.807) is 18.9 Å². The fourth-order valence-electron chi connectivity index (χ4n) is 2.00. The highest BCUT2D eigenvalue weighted by Crippen LogP contribution is 2.33. The predicted molar refractivity (Wildman–Crippen MR) is 83.3 cm³/mol. The zero-order valence-corrected chi connectivity index (χ0v) is 11.9. The number of rotatable bonds is 3. The molecule has 0 aliphatic carbocycles. The molecule has 3 nitrogen and oxygen atoms in total. The lowest BCUT2D eigenvalue weighted by Gasteiger charge is -2.07. The van der Waals surface area contributed by atoms with Gasteiger partial charge in [0.1, 0.15) is 5.75 Å². The van der Waals surface area contributed by atoms with E-state index < -0.39 is 0 Å². The molecule has 0 radical (unpaired) electrons. The largest absolute Gasteiger partial charge is 0.497 e. The molecular formula is C16H14N2OS. The Morgan fingerprint density at radius 1 is 1.05 bits per heavy atom. The molecule has 1 aromatic heterocycles. The van der Waals surface area contributed by atoms with Crippen LogP contribution in [0, 0.1) is 0 Å². The summed E-state index contributed by atoms with van der Waals surface area (Å²) >= 11 is 1.71. The fraction of sp³-hybridized carbons (Fsp3) is 0.0625. The first-order chi connectivity index (χ1) is 9.76. The highest BCUT2D eigenvalue weighted by Gasteiger charge is 2.04. The number of pyridine rings is 1. The van der Waals surface area contributed by atoms with Crippen molar-refractivity contribution in [2.75, 3.05) is 12.8 Å². The molecule has 100 valence electrons. The normalized spacial score (nSPS) is 10.7. The molecule has 3 aromatic rings. The second-order valence-corrected chi connectivity index (χ2v) is 5.48. The van der Waals surface area contributed by atoms with Gasteiger partial charge in [0.15, 0.2) is 0 Å². The number of aromatic nitrogens is 1. The van der Waals surface area contributed by atoms with Gasteiger partial charge in [0, 0.05) is 27.1 Å². The van der Waals surface area contributed by atoms with Crippen LogP contribution in [0.25, 0.3) is 10.9 Å². The second-order valence-electron chi connectivity index (χ2n) is 4.36. The summed E-state index contributed by atoms with van der Waals surface area (Å²) in [6.07, 6.45) is 1.81. The lowest BCUT2D eigenvalue weighted by atomic mass is 10.2. The van der Waals surface area contributed by atoms with Crippen LogP contribution in [-0.4, -0.2) is 12.1 Å². The van der Waals surface area contributed by atoms with Gasteiger partial charge in [0.25, 0.3) is 0 Å². The number of hydrogen-bond donors (Lipinski definition) is 1. The summed E-state index contributed by atoms with van der Waals surface area (Å²) in [4.78, 5) is 6.69. The highest BCUT2D eigenvalue weighted by molar-refractivity contribution is 7.99. The minimum atomic E-state index is 0.733. The number of hydrogen-bond acceptors (Lipinski definition) is 4. The van der Waals surface area contributed by atoms with Gasteiger partial charge in [-0.25, -0.2) is 0 Å². The van der Waals surface area contributed by atoms with Crippen molar-refractivity contribution in [1.29, 1.82) is 0 Å². The van der Waals surface area contributed by atoms with Crippen molar-refractivity contribution in [2.24, 2.45) is 0 Å². The Morgan fingerprint density at radius 3 is 2.60 bits per heavy atom. The van der Waals surface area contributed by atoms with Gasteiger partial charge in [-0.15, -0.1) is 0 Å². The third-order valence-corrected chi connectivity index (χ3v) is 4.10. The van der Waals surface area contributed by atoms with Crippen molar-refractivity contribution in [3.8, 4) is 5.75 Å². The number of methoxy groups -OCH3 is 1. The molecule has 0 saturated carbocycles. The first-order valence-electron chi connectivity index (χ1n) is 6.22. The number of nitrogen functional groups attached to an aromatic ring is 1. The van der Waals surface area contributed by atoms with Crippen LogP contribution in [-0.2, 0) is 0 Å². The summed E-state index contributed by atoms with van der Waals surface area (Å²) in [6.45, 7) is 0. The monoisotopic (exact) mass is 282 g/mol. The number of fused-ring (bicyclic) bond motifs is 1. The van der Waals surface area contributed by atoms with E-state index in [1.807, 2.05) is 54.7 Å². The molecular weight excluding hydrogens is 268 g/mol. The summed E-state index contributed by atoms with van der Waals surface area (Å²) in [5, 5.41) is 1.11. The van der Waals surface area contributed by atoms with Gasteiger partial charge in [0.05, 0.1) is 12.6 Å². The predicted octanol–water partition coefficient (Wildman–Crippen LogP) is 3.98. The van der Waals surface area contributed by atoms with E-state index in [0.717, 1.165) is 27.2 Å². The summed E-state index contributed by atoms with van der Waals surface area (Å²) in [6, 6.07) is 15.9. The number of benzene rings is 2. The Morgan fingerprint density at radius 2 is 1.85 bits per heavy atom. The van der Waals surface area contributed by atoms with Crippen molar-refractivity contribution in [3.05, 3.63) is 54.7 Å². The minimum Gasteiger partial charge on any atom is -0.497 e. The molecule has 0 aliphatic heterocycles. The Kier molecular flexibility index (Phi) is 3.48. The topological polar surface area (TPSA) is 48.1 Å². The summed E-state index contributed by atoms with van der Waals surface area (Å²) in [5.41, 5.74) is 7.45. The van der Waals surface area contributed by atoms with E-state index in [9.17, 15) is 0 Å². The maximum Gasteiger partial charge on any atom is 0.118 e. The van der Waals surface area contributed by atoms with Crippen molar-refractivity contribution >= 4 is 28.4 Å². The molecule has 20 heavy (non-hydrogen) atoms. The Balaban J connectivity index is 1.97. The number of ether oxygens (including phenoxy) is 1. The maximum atomic E-state index is 5.80. The molecule has 0 spiro atoms. The number of nitrogens with zero attached hydrogens (tertiary/aromatic N) is 1. The van der Waals surface area contributed by atoms with Crippen LogP contribution in [0.5, 0.6) is 5.75 Å². The van der Waals surface area contributed by atoms with Crippen LogP contribution < -0.4 is 10.5 Å². The third kappa shape index (κ3) is 2.56. The van der Waals surface area contributed by atoms with Gasteiger partial charge in [0.2, 0.25) is 0 Å². The van der Waals surface area contributed by atoms with Crippen LogP contribution in [0.2, 0.25) is 0 Å².